The van der Waals surface area contributed by atoms with Crippen LogP contribution in [0.25, 0.3) is 0 Å². The van der Waals surface area contributed by atoms with Crippen LogP contribution in [0.1, 0.15) is 52.9 Å². The van der Waals surface area contributed by atoms with Crippen LogP contribution in [-0.2, 0) is 21.3 Å². The third-order valence-corrected chi connectivity index (χ3v) is 6.08. The molecule has 0 saturated carbocycles. The molecule has 1 aromatic rings. The Hall–Kier alpha value is -1.67. The molecule has 1 heterocycles. The van der Waals surface area contributed by atoms with Gasteiger partial charge in [0.1, 0.15) is 5.69 Å². The number of rotatable bonds is 8. The molecule has 0 amide bonds. The lowest BCUT2D eigenvalue weighted by atomic mass is 10.1. The highest BCUT2D eigenvalue weighted by Gasteiger charge is 2.29. The van der Waals surface area contributed by atoms with Crippen LogP contribution in [0.15, 0.2) is 0 Å². The van der Waals surface area contributed by atoms with Crippen molar-refractivity contribution in [3.8, 4) is 0 Å². The van der Waals surface area contributed by atoms with E-state index in [4.69, 9.17) is 4.74 Å². The zero-order chi connectivity index (χ0) is 18.7. The van der Waals surface area contributed by atoms with Crippen molar-refractivity contribution in [1.82, 2.24) is 8.87 Å². The van der Waals surface area contributed by atoms with Gasteiger partial charge in [-0.3, -0.25) is 4.79 Å². The van der Waals surface area contributed by atoms with Gasteiger partial charge in [0.25, 0.3) is 0 Å². The topological polar surface area (TPSA) is 85.7 Å². The van der Waals surface area contributed by atoms with Crippen LogP contribution in [0.5, 0.6) is 0 Å². The number of likely N-dealkylation sites (N-methyl/N-ethyl adjacent to an activating group) is 1. The molecule has 0 radical (unpaired) electrons. The first-order valence-corrected chi connectivity index (χ1v) is 9.56. The summed E-state index contributed by atoms with van der Waals surface area (Å²) in [4.78, 5) is 24.8. The molecule has 0 aliphatic rings. The van der Waals surface area contributed by atoms with Crippen molar-refractivity contribution in [3.05, 3.63) is 22.5 Å². The zero-order valence-corrected chi connectivity index (χ0v) is 16.0. The van der Waals surface area contributed by atoms with E-state index in [0.717, 1.165) is 4.31 Å². The molecule has 136 valence electrons. The lowest BCUT2D eigenvalue weighted by molar-refractivity contribution is 0.0587. The average Bonchev–Trinajstić information content (AvgIpc) is 2.81. The summed E-state index contributed by atoms with van der Waals surface area (Å²) < 4.78 is 31.8. The molecular formula is C16H26N2O5S. The Morgan fingerprint density at radius 2 is 1.75 bits per heavy atom. The predicted octanol–water partition coefficient (Wildman–Crippen LogP) is 1.77. The lowest BCUT2D eigenvalue weighted by Crippen LogP contribution is -2.36. The molecule has 24 heavy (non-hydrogen) atoms. The first kappa shape index (κ1) is 20.4. The lowest BCUT2D eigenvalue weighted by Gasteiger charge is -2.18. The fourth-order valence-corrected chi connectivity index (χ4v) is 3.96. The van der Waals surface area contributed by atoms with E-state index in [9.17, 15) is 18.0 Å². The van der Waals surface area contributed by atoms with Crippen molar-refractivity contribution in [2.45, 2.75) is 41.2 Å². The maximum atomic E-state index is 12.7. The van der Waals surface area contributed by atoms with Crippen molar-refractivity contribution >= 4 is 21.8 Å². The molecule has 0 bridgehead atoms. The largest absolute Gasteiger partial charge is 0.464 e. The molecule has 1 aromatic heterocycles. The monoisotopic (exact) mass is 358 g/mol. The minimum absolute atomic E-state index is 0.0601. The maximum absolute atomic E-state index is 12.7. The van der Waals surface area contributed by atoms with Crippen LogP contribution in [-0.4, -0.2) is 55.0 Å². The molecule has 0 aliphatic heterocycles. The number of sulfonamides is 1. The summed E-state index contributed by atoms with van der Waals surface area (Å²) in [6, 6.07) is 0. The fourth-order valence-electron chi connectivity index (χ4n) is 2.89. The number of hydrogen-bond acceptors (Lipinski definition) is 5. The number of Topliss-reactive ketones (excluding diaryl/α,β-unsaturated/α-hetero) is 1. The average molecular weight is 358 g/mol. The normalized spacial score (nSPS) is 11.8. The van der Waals surface area contributed by atoms with Crippen molar-refractivity contribution in [2.24, 2.45) is 0 Å². The van der Waals surface area contributed by atoms with E-state index in [-0.39, 0.29) is 24.6 Å². The molecule has 0 saturated heterocycles. The van der Waals surface area contributed by atoms with Gasteiger partial charge in [-0.2, -0.15) is 4.31 Å². The number of ketones is 1. The number of nitrogens with zero attached hydrogens (tertiary/aromatic N) is 2. The van der Waals surface area contributed by atoms with E-state index < -0.39 is 16.0 Å². The predicted molar refractivity (Wildman–Crippen MR) is 92.0 cm³/mol. The molecule has 0 aliphatic carbocycles. The molecular weight excluding hydrogens is 332 g/mol. The SMILES string of the molecule is CCN(CC(=O)c1c(C)c(C(=O)OC)n(CC)c1C)S(=O)(=O)CC. The number of methoxy groups -OCH3 is 1. The third-order valence-electron chi connectivity index (χ3n) is 4.17. The number of carbonyl (C=O) groups excluding carboxylic acids is 2. The molecule has 8 heteroatoms. The molecule has 0 spiro atoms. The van der Waals surface area contributed by atoms with Gasteiger partial charge in [0.15, 0.2) is 5.78 Å². The number of ether oxygens (including phenoxy) is 1. The second kappa shape index (κ2) is 7.94. The Morgan fingerprint density at radius 1 is 1.17 bits per heavy atom. The maximum Gasteiger partial charge on any atom is 0.354 e. The van der Waals surface area contributed by atoms with E-state index in [2.05, 4.69) is 0 Å². The quantitative estimate of drug-likeness (QED) is 0.522. The Labute approximate surface area is 143 Å². The standard InChI is InChI=1S/C16H26N2O5S/c1-7-17(24(21,22)9-3)10-13(19)14-11(4)15(16(20)23-6)18(8-2)12(14)5/h7-10H2,1-6H3. The first-order chi connectivity index (χ1) is 11.2. The smallest absolute Gasteiger partial charge is 0.354 e. The highest BCUT2D eigenvalue weighted by molar-refractivity contribution is 7.89. The van der Waals surface area contributed by atoms with Gasteiger partial charge in [0.05, 0.1) is 19.4 Å². The minimum atomic E-state index is -3.45. The van der Waals surface area contributed by atoms with E-state index in [1.54, 1.807) is 32.3 Å². The number of hydrogen-bond donors (Lipinski definition) is 0. The van der Waals surface area contributed by atoms with Crippen molar-refractivity contribution in [2.75, 3.05) is 26.0 Å². The summed E-state index contributed by atoms with van der Waals surface area (Å²) in [5.41, 5.74) is 1.89. The Bertz CT molecular complexity index is 734. The summed E-state index contributed by atoms with van der Waals surface area (Å²) in [5, 5.41) is 0. The molecule has 0 fully saturated rings. The minimum Gasteiger partial charge on any atom is -0.464 e. The van der Waals surface area contributed by atoms with Gasteiger partial charge in [-0.15, -0.1) is 0 Å². The van der Waals surface area contributed by atoms with Gasteiger partial charge in [-0.1, -0.05) is 6.92 Å². The van der Waals surface area contributed by atoms with E-state index in [1.165, 1.54) is 7.11 Å². The van der Waals surface area contributed by atoms with Crippen LogP contribution < -0.4 is 0 Å². The summed E-state index contributed by atoms with van der Waals surface area (Å²) in [6.07, 6.45) is 0. The van der Waals surface area contributed by atoms with Crippen molar-refractivity contribution < 1.29 is 22.7 Å². The van der Waals surface area contributed by atoms with Gasteiger partial charge in [0.2, 0.25) is 10.0 Å². The zero-order valence-electron chi connectivity index (χ0n) is 15.2. The second-order valence-electron chi connectivity index (χ2n) is 5.42. The Morgan fingerprint density at radius 3 is 2.17 bits per heavy atom. The van der Waals surface area contributed by atoms with Gasteiger partial charge in [0, 0.05) is 24.3 Å². The van der Waals surface area contributed by atoms with Crippen LogP contribution in [0.2, 0.25) is 0 Å². The van der Waals surface area contributed by atoms with Gasteiger partial charge >= 0.3 is 5.97 Å². The number of esters is 1. The third kappa shape index (κ3) is 3.70. The summed E-state index contributed by atoms with van der Waals surface area (Å²) in [7, 11) is -2.16. The molecule has 7 nitrogen and oxygen atoms in total. The summed E-state index contributed by atoms with van der Waals surface area (Å²) >= 11 is 0. The summed E-state index contributed by atoms with van der Waals surface area (Å²) in [5.74, 6) is -0.888. The van der Waals surface area contributed by atoms with Crippen LogP contribution >= 0.6 is 0 Å². The van der Waals surface area contributed by atoms with E-state index in [0.29, 0.717) is 29.1 Å². The molecule has 0 aromatic carbocycles. The van der Waals surface area contributed by atoms with Gasteiger partial charge < -0.3 is 9.30 Å². The number of carbonyl (C=O) groups is 2. The van der Waals surface area contributed by atoms with E-state index in [1.807, 2.05) is 6.92 Å². The van der Waals surface area contributed by atoms with Crippen LogP contribution in [0.4, 0.5) is 0 Å². The first-order valence-electron chi connectivity index (χ1n) is 7.95. The fraction of sp³-hybridized carbons (Fsp3) is 0.625. The van der Waals surface area contributed by atoms with Gasteiger partial charge in [-0.25, -0.2) is 13.2 Å². The molecule has 0 atom stereocenters. The molecule has 0 N–H and O–H groups in total. The van der Waals surface area contributed by atoms with Crippen LogP contribution in [0.3, 0.4) is 0 Å². The Balaban J connectivity index is 3.34. The van der Waals surface area contributed by atoms with Gasteiger partial charge in [-0.05, 0) is 33.3 Å². The second-order valence-corrected chi connectivity index (χ2v) is 7.68. The highest BCUT2D eigenvalue weighted by atomic mass is 32.2. The van der Waals surface area contributed by atoms with Crippen molar-refractivity contribution in [3.63, 3.8) is 0 Å². The van der Waals surface area contributed by atoms with Crippen molar-refractivity contribution in [1.29, 1.82) is 0 Å². The highest BCUT2D eigenvalue weighted by Crippen LogP contribution is 2.24. The van der Waals surface area contributed by atoms with E-state index >= 15 is 0 Å². The summed E-state index contributed by atoms with van der Waals surface area (Å²) in [6.45, 7) is 9.03. The van der Waals surface area contributed by atoms with Crippen LogP contribution in [0, 0.1) is 13.8 Å². The molecule has 1 rings (SSSR count). The number of aromatic nitrogens is 1. The Kier molecular flexibility index (Phi) is 6.74. The molecule has 0 unspecified atom stereocenters.